The molecule has 0 radical (unpaired) electrons. The van der Waals surface area contributed by atoms with Gasteiger partial charge in [-0.3, -0.25) is 4.98 Å². The summed E-state index contributed by atoms with van der Waals surface area (Å²) in [4.78, 5) is 4.15. The molecule has 0 spiro atoms. The van der Waals surface area contributed by atoms with E-state index in [1.54, 1.807) is 22.6 Å². The van der Waals surface area contributed by atoms with Crippen LogP contribution in [-0.4, -0.2) is 36.4 Å². The molecule has 0 saturated carbocycles. The van der Waals surface area contributed by atoms with E-state index >= 15 is 0 Å². The predicted octanol–water partition coefficient (Wildman–Crippen LogP) is 2.62. The summed E-state index contributed by atoms with van der Waals surface area (Å²) in [6.45, 7) is 4.12. The number of sulfonamides is 1. The quantitative estimate of drug-likeness (QED) is 0.867. The molecule has 1 fully saturated rings. The summed E-state index contributed by atoms with van der Waals surface area (Å²) < 4.78 is 33.5. The lowest BCUT2D eigenvalue weighted by atomic mass is 10.0. The molecule has 0 aliphatic carbocycles. The number of morpholine rings is 1. The zero-order valence-electron chi connectivity index (χ0n) is 13.2. The van der Waals surface area contributed by atoms with Crippen LogP contribution in [0.1, 0.15) is 25.5 Å². The minimum absolute atomic E-state index is 0.215. The summed E-state index contributed by atoms with van der Waals surface area (Å²) in [6.07, 6.45) is 2.68. The van der Waals surface area contributed by atoms with Crippen LogP contribution in [0, 0.1) is 0 Å². The van der Waals surface area contributed by atoms with Gasteiger partial charge >= 0.3 is 0 Å². The van der Waals surface area contributed by atoms with Crippen molar-refractivity contribution in [3.8, 4) is 0 Å². The summed E-state index contributed by atoms with van der Waals surface area (Å²) in [6, 6.07) is 12.4. The number of nitrogens with zero attached hydrogens (tertiary/aromatic N) is 2. The fourth-order valence-corrected chi connectivity index (χ4v) is 4.86. The molecule has 1 aliphatic heterocycles. The second-order valence-electron chi connectivity index (χ2n) is 5.78. The van der Waals surface area contributed by atoms with Crippen LogP contribution in [0.2, 0.25) is 0 Å². The van der Waals surface area contributed by atoms with Gasteiger partial charge in [-0.25, -0.2) is 8.42 Å². The maximum absolute atomic E-state index is 13.0. The van der Waals surface area contributed by atoms with E-state index < -0.39 is 10.0 Å². The Morgan fingerprint density at radius 3 is 2.52 bits per heavy atom. The van der Waals surface area contributed by atoms with Gasteiger partial charge in [0.15, 0.2) is 0 Å². The lowest BCUT2D eigenvalue weighted by Gasteiger charge is -2.42. The minimum atomic E-state index is -3.61. The highest BCUT2D eigenvalue weighted by Gasteiger charge is 2.41. The van der Waals surface area contributed by atoms with Gasteiger partial charge in [-0.1, -0.05) is 30.3 Å². The predicted molar refractivity (Wildman–Crippen MR) is 87.3 cm³/mol. The van der Waals surface area contributed by atoms with Gasteiger partial charge in [-0.2, -0.15) is 4.31 Å². The first-order valence-electron chi connectivity index (χ1n) is 7.62. The number of aromatic nitrogens is 1. The third-order valence-corrected chi connectivity index (χ3v) is 6.21. The molecular weight excluding hydrogens is 312 g/mol. The third-order valence-electron chi connectivity index (χ3n) is 4.13. The van der Waals surface area contributed by atoms with Crippen LogP contribution in [-0.2, 0) is 14.8 Å². The maximum Gasteiger partial charge on any atom is 0.245 e. The van der Waals surface area contributed by atoms with Crippen molar-refractivity contribution in [1.29, 1.82) is 0 Å². The van der Waals surface area contributed by atoms with Gasteiger partial charge in [-0.05, 0) is 31.5 Å². The lowest BCUT2D eigenvalue weighted by molar-refractivity contribution is -0.0617. The molecule has 1 aliphatic rings. The average Bonchev–Trinajstić information content (AvgIpc) is 2.56. The van der Waals surface area contributed by atoms with Gasteiger partial charge in [0.2, 0.25) is 10.0 Å². The fourth-order valence-electron chi connectivity index (χ4n) is 3.09. The number of pyridine rings is 1. The van der Waals surface area contributed by atoms with Crippen LogP contribution in [0.5, 0.6) is 0 Å². The molecule has 0 unspecified atom stereocenters. The molecule has 0 N–H and O–H groups in total. The topological polar surface area (TPSA) is 59.5 Å². The summed E-state index contributed by atoms with van der Waals surface area (Å²) in [5.74, 6) is 0. The van der Waals surface area contributed by atoms with E-state index in [0.717, 1.165) is 5.56 Å². The van der Waals surface area contributed by atoms with Crippen LogP contribution < -0.4 is 0 Å². The molecule has 1 aromatic carbocycles. The van der Waals surface area contributed by atoms with Crippen molar-refractivity contribution >= 4 is 10.0 Å². The Kier molecular flexibility index (Phi) is 4.48. The second-order valence-corrected chi connectivity index (χ2v) is 7.62. The van der Waals surface area contributed by atoms with Crippen LogP contribution in [0.3, 0.4) is 0 Å². The Hall–Kier alpha value is -1.76. The average molecular weight is 332 g/mol. The van der Waals surface area contributed by atoms with E-state index in [4.69, 9.17) is 4.74 Å². The van der Waals surface area contributed by atoms with Gasteiger partial charge in [-0.15, -0.1) is 0 Å². The number of hydrogen-bond acceptors (Lipinski definition) is 4. The zero-order valence-corrected chi connectivity index (χ0v) is 14.0. The van der Waals surface area contributed by atoms with Crippen LogP contribution in [0.4, 0.5) is 0 Å². The van der Waals surface area contributed by atoms with E-state index in [1.165, 1.54) is 6.20 Å². The molecule has 122 valence electrons. The fraction of sp³-hybridized carbons (Fsp3) is 0.353. The molecule has 5 nitrogen and oxygen atoms in total. The first kappa shape index (κ1) is 16.1. The smallest absolute Gasteiger partial charge is 0.245 e. The highest BCUT2D eigenvalue weighted by molar-refractivity contribution is 7.89. The highest BCUT2D eigenvalue weighted by Crippen LogP contribution is 2.34. The summed E-state index contributed by atoms with van der Waals surface area (Å²) >= 11 is 0. The van der Waals surface area contributed by atoms with Crippen molar-refractivity contribution in [2.75, 3.05) is 6.61 Å². The van der Waals surface area contributed by atoms with Crippen molar-refractivity contribution in [2.24, 2.45) is 0 Å². The van der Waals surface area contributed by atoms with E-state index in [1.807, 2.05) is 44.2 Å². The molecule has 2 aromatic rings. The molecular formula is C17H20N2O3S. The second kappa shape index (κ2) is 6.39. The number of ether oxygens (including phenoxy) is 1. The van der Waals surface area contributed by atoms with Gasteiger partial charge < -0.3 is 4.74 Å². The van der Waals surface area contributed by atoms with E-state index in [2.05, 4.69) is 4.98 Å². The Labute approximate surface area is 137 Å². The SMILES string of the molecule is C[C@@H]1CO[C@@H](c2ccccc2)[C@H](C)N1S(=O)(=O)c1cccnc1. The number of benzene rings is 1. The summed E-state index contributed by atoms with van der Waals surface area (Å²) in [7, 11) is -3.61. The third kappa shape index (κ3) is 3.02. The Morgan fingerprint density at radius 1 is 1.13 bits per heavy atom. The Balaban J connectivity index is 1.97. The normalized spacial score (nSPS) is 26.1. The van der Waals surface area contributed by atoms with Crippen molar-refractivity contribution in [1.82, 2.24) is 9.29 Å². The van der Waals surface area contributed by atoms with E-state index in [9.17, 15) is 8.42 Å². The number of rotatable bonds is 3. The largest absolute Gasteiger partial charge is 0.370 e. The molecule has 2 heterocycles. The van der Waals surface area contributed by atoms with E-state index in [-0.39, 0.29) is 23.1 Å². The van der Waals surface area contributed by atoms with Gasteiger partial charge in [0.25, 0.3) is 0 Å². The molecule has 6 heteroatoms. The van der Waals surface area contributed by atoms with Crippen LogP contribution in [0.15, 0.2) is 59.8 Å². The van der Waals surface area contributed by atoms with Gasteiger partial charge in [0, 0.05) is 18.4 Å². The molecule has 23 heavy (non-hydrogen) atoms. The first-order chi connectivity index (χ1) is 11.0. The lowest BCUT2D eigenvalue weighted by Crippen LogP contribution is -2.53. The highest BCUT2D eigenvalue weighted by atomic mass is 32.2. The minimum Gasteiger partial charge on any atom is -0.370 e. The van der Waals surface area contributed by atoms with E-state index in [0.29, 0.717) is 6.61 Å². The van der Waals surface area contributed by atoms with Crippen LogP contribution in [0.25, 0.3) is 0 Å². The summed E-state index contributed by atoms with van der Waals surface area (Å²) in [5.41, 5.74) is 0.985. The monoisotopic (exact) mass is 332 g/mol. The first-order valence-corrected chi connectivity index (χ1v) is 9.06. The zero-order chi connectivity index (χ0) is 16.4. The van der Waals surface area contributed by atoms with Gasteiger partial charge in [0.05, 0.1) is 18.8 Å². The van der Waals surface area contributed by atoms with Crippen molar-refractivity contribution in [3.63, 3.8) is 0 Å². The molecule has 0 bridgehead atoms. The molecule has 3 rings (SSSR count). The Bertz CT molecular complexity index is 750. The number of hydrogen-bond donors (Lipinski definition) is 0. The molecule has 1 aromatic heterocycles. The maximum atomic E-state index is 13.0. The van der Waals surface area contributed by atoms with Crippen molar-refractivity contribution < 1.29 is 13.2 Å². The van der Waals surface area contributed by atoms with Crippen molar-refractivity contribution in [3.05, 3.63) is 60.4 Å². The van der Waals surface area contributed by atoms with Crippen molar-refractivity contribution in [2.45, 2.75) is 36.9 Å². The summed E-state index contributed by atoms with van der Waals surface area (Å²) in [5, 5.41) is 0. The van der Waals surface area contributed by atoms with Crippen LogP contribution >= 0.6 is 0 Å². The van der Waals surface area contributed by atoms with Gasteiger partial charge in [0.1, 0.15) is 4.90 Å². The molecule has 0 amide bonds. The molecule has 3 atom stereocenters. The standard InChI is InChI=1S/C17H20N2O3S/c1-13-12-22-17(15-7-4-3-5-8-15)14(2)19(13)23(20,21)16-9-6-10-18-11-16/h3-11,13-14,17H,12H2,1-2H3/t13-,14+,17-/m1/s1. The Morgan fingerprint density at radius 2 is 1.87 bits per heavy atom. The molecule has 1 saturated heterocycles.